The maximum Gasteiger partial charge on any atom is 0.315 e. The third kappa shape index (κ3) is 4.60. The summed E-state index contributed by atoms with van der Waals surface area (Å²) >= 11 is 1.69. The molecule has 0 aromatic heterocycles. The molecule has 1 fully saturated rings. The number of carboxylic acids is 1. The fourth-order valence-electron chi connectivity index (χ4n) is 2.47. The minimum atomic E-state index is -0.790. The summed E-state index contributed by atoms with van der Waals surface area (Å²) in [6.45, 7) is 2.25. The largest absolute Gasteiger partial charge is 0.481 e. The van der Waals surface area contributed by atoms with Crippen molar-refractivity contribution in [3.63, 3.8) is 0 Å². The van der Waals surface area contributed by atoms with Gasteiger partial charge in [-0.2, -0.15) is 11.8 Å². The molecule has 1 atom stereocenters. The van der Waals surface area contributed by atoms with Gasteiger partial charge in [0.05, 0.1) is 5.41 Å². The minimum Gasteiger partial charge on any atom is -0.481 e. The third-order valence-electron chi connectivity index (χ3n) is 3.80. The molecular weight excluding hydrogens is 264 g/mol. The Morgan fingerprint density at radius 2 is 2.00 bits per heavy atom. The summed E-state index contributed by atoms with van der Waals surface area (Å²) in [4.78, 5) is 23.1. The van der Waals surface area contributed by atoms with Crippen LogP contribution in [0, 0.1) is 5.41 Å². The van der Waals surface area contributed by atoms with Gasteiger partial charge in [-0.25, -0.2) is 4.79 Å². The second-order valence-electron chi connectivity index (χ2n) is 5.18. The van der Waals surface area contributed by atoms with Crippen molar-refractivity contribution in [3.05, 3.63) is 0 Å². The van der Waals surface area contributed by atoms with Gasteiger partial charge in [0.25, 0.3) is 0 Å². The lowest BCUT2D eigenvalue weighted by molar-refractivity contribution is -0.148. The highest BCUT2D eigenvalue weighted by Crippen LogP contribution is 2.37. The van der Waals surface area contributed by atoms with Crippen molar-refractivity contribution in [3.8, 4) is 0 Å². The molecule has 0 heterocycles. The summed E-state index contributed by atoms with van der Waals surface area (Å²) in [6, 6.07) is -0.118. The molecule has 1 rings (SSSR count). The molecule has 0 radical (unpaired) electrons. The van der Waals surface area contributed by atoms with Gasteiger partial charge in [0.1, 0.15) is 0 Å². The number of hydrogen-bond acceptors (Lipinski definition) is 3. The van der Waals surface area contributed by atoms with Gasteiger partial charge < -0.3 is 15.7 Å². The van der Waals surface area contributed by atoms with Gasteiger partial charge in [-0.1, -0.05) is 19.8 Å². The summed E-state index contributed by atoms with van der Waals surface area (Å²) in [5, 5.41) is 14.9. The zero-order valence-corrected chi connectivity index (χ0v) is 12.5. The summed E-state index contributed by atoms with van der Waals surface area (Å²) < 4.78 is 0. The minimum absolute atomic E-state index is 0.138. The number of nitrogens with one attached hydrogen (secondary N) is 2. The Balaban J connectivity index is 2.42. The van der Waals surface area contributed by atoms with Crippen LogP contribution >= 0.6 is 11.8 Å². The second kappa shape index (κ2) is 7.62. The third-order valence-corrected chi connectivity index (χ3v) is 4.53. The van der Waals surface area contributed by atoms with Crippen LogP contribution in [0.15, 0.2) is 0 Å². The van der Waals surface area contributed by atoms with Crippen LogP contribution in [0.2, 0.25) is 0 Å². The molecule has 3 N–H and O–H groups in total. The number of thioether (sulfide) groups is 1. The predicted molar refractivity (Wildman–Crippen MR) is 77.5 cm³/mol. The predicted octanol–water partition coefficient (Wildman–Crippen LogP) is 2.07. The van der Waals surface area contributed by atoms with Crippen LogP contribution in [0.5, 0.6) is 0 Å². The molecule has 19 heavy (non-hydrogen) atoms. The number of rotatable bonds is 7. The molecule has 5 nitrogen and oxygen atoms in total. The summed E-state index contributed by atoms with van der Waals surface area (Å²) in [7, 11) is 0. The standard InChI is InChI=1S/C13H24N2O3S/c1-3-10(8-19-2)15-12(18)14-9-13(11(16)17)6-4-5-7-13/h10H,3-9H2,1-2H3,(H,16,17)(H2,14,15,18). The van der Waals surface area contributed by atoms with Crippen molar-refractivity contribution in [2.75, 3.05) is 18.6 Å². The lowest BCUT2D eigenvalue weighted by Gasteiger charge is -2.25. The molecule has 0 aromatic rings. The molecular formula is C13H24N2O3S. The Labute approximate surface area is 118 Å². The Kier molecular flexibility index (Phi) is 6.48. The van der Waals surface area contributed by atoms with Crippen LogP contribution in [0.25, 0.3) is 0 Å². The van der Waals surface area contributed by atoms with Crippen LogP contribution in [0.3, 0.4) is 0 Å². The fourth-order valence-corrected chi connectivity index (χ4v) is 3.19. The lowest BCUT2D eigenvalue weighted by Crippen LogP contribution is -2.48. The van der Waals surface area contributed by atoms with E-state index < -0.39 is 11.4 Å². The van der Waals surface area contributed by atoms with Crippen molar-refractivity contribution in [2.45, 2.75) is 45.1 Å². The fraction of sp³-hybridized carbons (Fsp3) is 0.846. The normalized spacial score (nSPS) is 18.8. The van der Waals surface area contributed by atoms with Crippen molar-refractivity contribution in [2.24, 2.45) is 5.41 Å². The summed E-state index contributed by atoms with van der Waals surface area (Å²) in [6.07, 6.45) is 6.05. The molecule has 6 heteroatoms. The average Bonchev–Trinajstić information content (AvgIpc) is 2.86. The van der Waals surface area contributed by atoms with Gasteiger partial charge in [0.15, 0.2) is 0 Å². The van der Waals surface area contributed by atoms with Crippen LogP contribution < -0.4 is 10.6 Å². The number of hydrogen-bond donors (Lipinski definition) is 3. The quantitative estimate of drug-likeness (QED) is 0.670. The highest BCUT2D eigenvalue weighted by Gasteiger charge is 2.41. The van der Waals surface area contributed by atoms with E-state index >= 15 is 0 Å². The number of carbonyl (C=O) groups is 2. The van der Waals surface area contributed by atoms with Crippen LogP contribution in [0.4, 0.5) is 4.79 Å². The highest BCUT2D eigenvalue weighted by atomic mass is 32.2. The first kappa shape index (κ1) is 16.1. The van der Waals surface area contributed by atoms with E-state index in [0.717, 1.165) is 25.0 Å². The molecule has 1 unspecified atom stereocenters. The van der Waals surface area contributed by atoms with Crippen molar-refractivity contribution in [1.82, 2.24) is 10.6 Å². The van der Waals surface area contributed by atoms with Crippen molar-refractivity contribution < 1.29 is 14.7 Å². The topological polar surface area (TPSA) is 78.4 Å². The zero-order valence-electron chi connectivity index (χ0n) is 11.7. The first-order valence-electron chi connectivity index (χ1n) is 6.81. The van der Waals surface area contributed by atoms with Crippen molar-refractivity contribution in [1.29, 1.82) is 0 Å². The Bertz CT molecular complexity index is 317. The molecule has 0 bridgehead atoms. The number of aliphatic carboxylic acids is 1. The molecule has 1 aliphatic rings. The van der Waals surface area contributed by atoms with Gasteiger partial charge in [-0.05, 0) is 25.5 Å². The molecule has 0 saturated heterocycles. The van der Waals surface area contributed by atoms with E-state index in [-0.39, 0.29) is 18.6 Å². The number of carbonyl (C=O) groups excluding carboxylic acids is 1. The van der Waals surface area contributed by atoms with Crippen LogP contribution in [0.1, 0.15) is 39.0 Å². The maximum absolute atomic E-state index is 11.8. The van der Waals surface area contributed by atoms with E-state index in [1.807, 2.05) is 13.2 Å². The van der Waals surface area contributed by atoms with Gasteiger partial charge >= 0.3 is 12.0 Å². The molecule has 0 aromatic carbocycles. The maximum atomic E-state index is 11.8. The van der Waals surface area contributed by atoms with E-state index in [1.165, 1.54) is 0 Å². The molecule has 2 amide bonds. The zero-order chi connectivity index (χ0) is 14.3. The number of carboxylic acid groups (broad SMARTS) is 1. The highest BCUT2D eigenvalue weighted by molar-refractivity contribution is 7.98. The Hall–Kier alpha value is -0.910. The van der Waals surface area contributed by atoms with Crippen LogP contribution in [-0.2, 0) is 4.79 Å². The number of urea groups is 1. The lowest BCUT2D eigenvalue weighted by atomic mass is 9.86. The van der Waals surface area contributed by atoms with E-state index in [4.69, 9.17) is 0 Å². The summed E-state index contributed by atoms with van der Waals surface area (Å²) in [5.41, 5.74) is -0.751. The van der Waals surface area contributed by atoms with Gasteiger partial charge in [0.2, 0.25) is 0 Å². The Morgan fingerprint density at radius 1 is 1.37 bits per heavy atom. The first-order chi connectivity index (χ1) is 9.04. The van der Waals surface area contributed by atoms with Gasteiger partial charge in [-0.3, -0.25) is 4.79 Å². The van der Waals surface area contributed by atoms with Gasteiger partial charge in [-0.15, -0.1) is 0 Å². The molecule has 0 aliphatic heterocycles. The average molecular weight is 288 g/mol. The van der Waals surface area contributed by atoms with Crippen molar-refractivity contribution >= 4 is 23.8 Å². The number of amides is 2. The molecule has 110 valence electrons. The summed E-state index contributed by atoms with van der Waals surface area (Å²) in [5.74, 6) is 0.0787. The van der Waals surface area contributed by atoms with Gasteiger partial charge in [0, 0.05) is 18.3 Å². The Morgan fingerprint density at radius 3 is 2.47 bits per heavy atom. The van der Waals surface area contributed by atoms with E-state index in [2.05, 4.69) is 10.6 Å². The smallest absolute Gasteiger partial charge is 0.315 e. The van der Waals surface area contributed by atoms with E-state index in [9.17, 15) is 14.7 Å². The first-order valence-corrected chi connectivity index (χ1v) is 8.20. The molecule has 1 aliphatic carbocycles. The van der Waals surface area contributed by atoms with E-state index in [0.29, 0.717) is 12.8 Å². The van der Waals surface area contributed by atoms with E-state index in [1.54, 1.807) is 11.8 Å². The monoisotopic (exact) mass is 288 g/mol. The molecule has 0 spiro atoms. The second-order valence-corrected chi connectivity index (χ2v) is 6.09. The van der Waals surface area contributed by atoms with Crippen LogP contribution in [-0.4, -0.2) is 41.7 Å². The molecule has 1 saturated carbocycles. The SMILES string of the molecule is CCC(CSC)NC(=O)NCC1(C(=O)O)CCCC1.